The highest BCUT2D eigenvalue weighted by Gasteiger charge is 2.25. The zero-order valence-electron chi connectivity index (χ0n) is 14.7. The Morgan fingerprint density at radius 3 is 2.62 bits per heavy atom. The molecule has 0 fully saturated rings. The monoisotopic (exact) mass is 379 g/mol. The van der Waals surface area contributed by atoms with E-state index in [9.17, 15) is 13.2 Å². The van der Waals surface area contributed by atoms with E-state index >= 15 is 0 Å². The third-order valence-corrected chi connectivity index (χ3v) is 5.16. The molecule has 0 aliphatic rings. The minimum absolute atomic E-state index is 0.0762. The van der Waals surface area contributed by atoms with Crippen LogP contribution in [0.1, 0.15) is 12.5 Å². The molecule has 0 aliphatic heterocycles. The van der Waals surface area contributed by atoms with Crippen LogP contribution >= 0.6 is 0 Å². The average Bonchev–Trinajstić information content (AvgIpc) is 2.65. The van der Waals surface area contributed by atoms with E-state index < -0.39 is 22.0 Å². The van der Waals surface area contributed by atoms with E-state index in [0.717, 1.165) is 5.56 Å². The molecule has 1 atom stereocenters. The van der Waals surface area contributed by atoms with Crippen LogP contribution in [0.2, 0.25) is 0 Å². The van der Waals surface area contributed by atoms with Gasteiger partial charge in [-0.25, -0.2) is 8.42 Å². The summed E-state index contributed by atoms with van der Waals surface area (Å²) >= 11 is 0. The van der Waals surface area contributed by atoms with E-state index in [1.54, 1.807) is 18.5 Å². The van der Waals surface area contributed by atoms with Gasteiger partial charge in [-0.3, -0.25) is 9.78 Å². The van der Waals surface area contributed by atoms with Crippen LogP contribution < -0.4 is 19.5 Å². The molecule has 140 valence electrons. The maximum atomic E-state index is 12.6. The molecule has 1 aromatic carbocycles. The lowest BCUT2D eigenvalue weighted by molar-refractivity contribution is -0.122. The Bertz CT molecular complexity index is 856. The molecular formula is C17H21N3O5S. The van der Waals surface area contributed by atoms with Crippen molar-refractivity contribution in [1.82, 2.24) is 15.0 Å². The van der Waals surface area contributed by atoms with Gasteiger partial charge >= 0.3 is 0 Å². The molecule has 0 spiro atoms. The van der Waals surface area contributed by atoms with Gasteiger partial charge in [0, 0.05) is 25.0 Å². The van der Waals surface area contributed by atoms with E-state index in [-0.39, 0.29) is 17.2 Å². The Kier molecular flexibility index (Phi) is 6.53. The van der Waals surface area contributed by atoms with Crippen LogP contribution in [0.25, 0.3) is 0 Å². The predicted octanol–water partition coefficient (Wildman–Crippen LogP) is 1.08. The molecule has 0 saturated heterocycles. The molecule has 2 aromatic rings. The van der Waals surface area contributed by atoms with Gasteiger partial charge in [0.25, 0.3) is 0 Å². The van der Waals surface area contributed by atoms with Crippen molar-refractivity contribution in [3.05, 3.63) is 48.3 Å². The highest BCUT2D eigenvalue weighted by molar-refractivity contribution is 7.89. The summed E-state index contributed by atoms with van der Waals surface area (Å²) in [6.07, 6.45) is 3.25. The van der Waals surface area contributed by atoms with Gasteiger partial charge in [0.2, 0.25) is 15.9 Å². The number of hydrogen-bond acceptors (Lipinski definition) is 6. The molecule has 9 heteroatoms. The number of rotatable bonds is 8. The summed E-state index contributed by atoms with van der Waals surface area (Å²) in [6, 6.07) is 6.92. The van der Waals surface area contributed by atoms with Crippen LogP contribution in [0.4, 0.5) is 0 Å². The van der Waals surface area contributed by atoms with Crippen LogP contribution in [0.5, 0.6) is 11.5 Å². The second-order valence-corrected chi connectivity index (χ2v) is 7.12. The summed E-state index contributed by atoms with van der Waals surface area (Å²) in [5.74, 6) is 0.132. The molecule has 0 aliphatic carbocycles. The first-order valence-corrected chi connectivity index (χ1v) is 9.26. The first-order chi connectivity index (χ1) is 12.4. The van der Waals surface area contributed by atoms with Gasteiger partial charge in [0.15, 0.2) is 0 Å². The maximum absolute atomic E-state index is 12.6. The van der Waals surface area contributed by atoms with Crippen molar-refractivity contribution in [3.63, 3.8) is 0 Å². The molecule has 8 nitrogen and oxygen atoms in total. The SMILES string of the molecule is COc1ccc(S(=O)(=O)N[C@H](C)C(=O)NCc2cccnc2)c(OC)c1. The molecule has 0 unspecified atom stereocenters. The van der Waals surface area contributed by atoms with Gasteiger partial charge < -0.3 is 14.8 Å². The molecule has 26 heavy (non-hydrogen) atoms. The minimum Gasteiger partial charge on any atom is -0.497 e. The second kappa shape index (κ2) is 8.63. The van der Waals surface area contributed by atoms with Gasteiger partial charge in [-0.2, -0.15) is 4.72 Å². The standard InChI is InChI=1S/C17H21N3O5S/c1-12(17(21)19-11-13-5-4-8-18-10-13)20-26(22,23)16-7-6-14(24-2)9-15(16)25-3/h4-10,12,20H,11H2,1-3H3,(H,19,21)/t12-/m1/s1. The summed E-state index contributed by atoms with van der Waals surface area (Å²) in [7, 11) is -1.13. The number of ether oxygens (including phenoxy) is 2. The van der Waals surface area contributed by atoms with Crippen LogP contribution in [0.15, 0.2) is 47.6 Å². The number of carbonyl (C=O) groups excluding carboxylic acids is 1. The number of carbonyl (C=O) groups is 1. The normalized spacial score (nSPS) is 12.3. The smallest absolute Gasteiger partial charge is 0.244 e. The maximum Gasteiger partial charge on any atom is 0.244 e. The lowest BCUT2D eigenvalue weighted by Crippen LogP contribution is -2.44. The number of hydrogen-bond donors (Lipinski definition) is 2. The van der Waals surface area contributed by atoms with Crippen molar-refractivity contribution >= 4 is 15.9 Å². The number of nitrogens with zero attached hydrogens (tertiary/aromatic N) is 1. The number of pyridine rings is 1. The zero-order valence-corrected chi connectivity index (χ0v) is 15.5. The molecule has 2 rings (SSSR count). The van der Waals surface area contributed by atoms with Gasteiger partial charge in [0.05, 0.1) is 20.3 Å². The zero-order chi connectivity index (χ0) is 19.2. The predicted molar refractivity (Wildman–Crippen MR) is 95.4 cm³/mol. The number of nitrogens with one attached hydrogen (secondary N) is 2. The molecule has 1 heterocycles. The van der Waals surface area contributed by atoms with Crippen molar-refractivity contribution in [3.8, 4) is 11.5 Å². The Morgan fingerprint density at radius 1 is 1.23 bits per heavy atom. The van der Waals surface area contributed by atoms with Crippen molar-refractivity contribution < 1.29 is 22.7 Å². The summed E-state index contributed by atoms with van der Waals surface area (Å²) < 4.78 is 37.7. The fourth-order valence-corrected chi connectivity index (χ4v) is 3.55. The largest absolute Gasteiger partial charge is 0.497 e. The molecule has 0 bridgehead atoms. The first-order valence-electron chi connectivity index (χ1n) is 7.78. The van der Waals surface area contributed by atoms with E-state index in [2.05, 4.69) is 15.0 Å². The van der Waals surface area contributed by atoms with Crippen molar-refractivity contribution in [1.29, 1.82) is 0 Å². The summed E-state index contributed by atoms with van der Waals surface area (Å²) in [6.45, 7) is 1.72. The van der Waals surface area contributed by atoms with Crippen molar-refractivity contribution in [2.75, 3.05) is 14.2 Å². The van der Waals surface area contributed by atoms with E-state index in [1.807, 2.05) is 6.07 Å². The first kappa shape index (κ1) is 19.7. The van der Waals surface area contributed by atoms with Crippen molar-refractivity contribution in [2.24, 2.45) is 0 Å². The number of sulfonamides is 1. The van der Waals surface area contributed by atoms with Crippen molar-refractivity contribution in [2.45, 2.75) is 24.4 Å². The fourth-order valence-electron chi connectivity index (χ4n) is 2.19. The molecular weight excluding hydrogens is 358 g/mol. The fraction of sp³-hybridized carbons (Fsp3) is 0.294. The number of aromatic nitrogens is 1. The Morgan fingerprint density at radius 2 is 2.00 bits per heavy atom. The van der Waals surface area contributed by atoms with Crippen LogP contribution in [-0.4, -0.2) is 39.6 Å². The quantitative estimate of drug-likeness (QED) is 0.711. The van der Waals surface area contributed by atoms with E-state index in [1.165, 1.54) is 39.3 Å². The highest BCUT2D eigenvalue weighted by atomic mass is 32.2. The van der Waals surface area contributed by atoms with E-state index in [4.69, 9.17) is 9.47 Å². The van der Waals surface area contributed by atoms with Crippen LogP contribution in [0.3, 0.4) is 0 Å². The summed E-state index contributed by atoms with van der Waals surface area (Å²) in [5.41, 5.74) is 0.813. The van der Waals surface area contributed by atoms with Crippen LogP contribution in [-0.2, 0) is 21.4 Å². The molecule has 0 saturated carbocycles. The van der Waals surface area contributed by atoms with Gasteiger partial charge in [-0.1, -0.05) is 6.07 Å². The third kappa shape index (κ3) is 4.93. The number of amides is 1. The van der Waals surface area contributed by atoms with Gasteiger partial charge in [0.1, 0.15) is 16.4 Å². The third-order valence-electron chi connectivity index (χ3n) is 3.58. The molecule has 2 N–H and O–H groups in total. The van der Waals surface area contributed by atoms with Crippen LogP contribution in [0, 0.1) is 0 Å². The van der Waals surface area contributed by atoms with Gasteiger partial charge in [-0.15, -0.1) is 0 Å². The number of benzene rings is 1. The average molecular weight is 379 g/mol. The minimum atomic E-state index is -3.96. The molecule has 1 aromatic heterocycles. The highest BCUT2D eigenvalue weighted by Crippen LogP contribution is 2.28. The Hall–Kier alpha value is -2.65. The lowest BCUT2D eigenvalue weighted by atomic mass is 10.2. The lowest BCUT2D eigenvalue weighted by Gasteiger charge is -2.16. The summed E-state index contributed by atoms with van der Waals surface area (Å²) in [5, 5.41) is 2.66. The van der Waals surface area contributed by atoms with Gasteiger partial charge in [-0.05, 0) is 30.7 Å². The second-order valence-electron chi connectivity index (χ2n) is 5.44. The Balaban J connectivity index is 2.07. The number of methoxy groups -OCH3 is 2. The molecule has 1 amide bonds. The Labute approximate surface area is 152 Å². The topological polar surface area (TPSA) is 107 Å². The summed E-state index contributed by atoms with van der Waals surface area (Å²) in [4.78, 5) is 16.0. The van der Waals surface area contributed by atoms with E-state index in [0.29, 0.717) is 5.75 Å². The molecule has 0 radical (unpaired) electrons.